The highest BCUT2D eigenvalue weighted by molar-refractivity contribution is 6.33. The Kier molecular flexibility index (Phi) is 4.54. The number of aromatic nitrogens is 2. The number of amides is 1. The van der Waals surface area contributed by atoms with Gasteiger partial charge in [0.2, 0.25) is 0 Å². The predicted octanol–water partition coefficient (Wildman–Crippen LogP) is 1.80. The molecule has 6 nitrogen and oxygen atoms in total. The van der Waals surface area contributed by atoms with Crippen LogP contribution in [0.2, 0.25) is 5.02 Å². The maximum Gasteiger partial charge on any atom is 0.356 e. The lowest BCUT2D eigenvalue weighted by atomic mass is 10.2. The van der Waals surface area contributed by atoms with Gasteiger partial charge in [0.15, 0.2) is 5.69 Å². The van der Waals surface area contributed by atoms with Crippen LogP contribution in [0.1, 0.15) is 20.8 Å². The summed E-state index contributed by atoms with van der Waals surface area (Å²) in [6.45, 7) is 0.604. The largest absolute Gasteiger partial charge is 0.476 e. The molecule has 8 heteroatoms. The maximum atomic E-state index is 12.9. The Labute approximate surface area is 124 Å². The fourth-order valence-corrected chi connectivity index (χ4v) is 1.91. The quantitative estimate of drug-likeness (QED) is 0.882. The number of carbonyl (C=O) groups is 2. The monoisotopic (exact) mass is 311 g/mol. The van der Waals surface area contributed by atoms with E-state index < -0.39 is 17.7 Å². The molecule has 1 amide bonds. The molecular formula is C13H11ClFN3O3. The predicted molar refractivity (Wildman–Crippen MR) is 72.9 cm³/mol. The molecule has 0 aliphatic rings. The second-order valence-electron chi connectivity index (χ2n) is 4.18. The van der Waals surface area contributed by atoms with Gasteiger partial charge in [-0.15, -0.1) is 0 Å². The Balaban J connectivity index is 1.90. The van der Waals surface area contributed by atoms with Crippen molar-refractivity contribution in [3.05, 3.63) is 52.8 Å². The molecule has 1 aromatic carbocycles. The summed E-state index contributed by atoms with van der Waals surface area (Å²) in [5, 5.41) is 11.4. The third kappa shape index (κ3) is 3.79. The van der Waals surface area contributed by atoms with E-state index in [1.165, 1.54) is 23.2 Å². The van der Waals surface area contributed by atoms with Crippen molar-refractivity contribution in [2.75, 3.05) is 6.54 Å². The first-order valence-electron chi connectivity index (χ1n) is 5.95. The smallest absolute Gasteiger partial charge is 0.356 e. The standard InChI is InChI=1S/C13H11ClFN3O3/c14-10-5-8(15)1-2-9(10)12(19)16-3-4-18-6-11(13(20)21)17-7-18/h1-2,5-7H,3-4H2,(H,16,19)(H,20,21). The minimum absolute atomic E-state index is 0.0308. The van der Waals surface area contributed by atoms with E-state index in [1.54, 1.807) is 0 Å². The molecule has 110 valence electrons. The van der Waals surface area contributed by atoms with Crippen molar-refractivity contribution in [1.82, 2.24) is 14.9 Å². The number of hydrogen-bond acceptors (Lipinski definition) is 3. The van der Waals surface area contributed by atoms with Crippen molar-refractivity contribution in [2.45, 2.75) is 6.54 Å². The van der Waals surface area contributed by atoms with Gasteiger partial charge < -0.3 is 15.0 Å². The lowest BCUT2D eigenvalue weighted by molar-refractivity contribution is 0.0690. The zero-order valence-electron chi connectivity index (χ0n) is 10.7. The summed E-state index contributed by atoms with van der Waals surface area (Å²) in [6.07, 6.45) is 2.72. The molecule has 1 aromatic heterocycles. The van der Waals surface area contributed by atoms with Gasteiger partial charge in [0, 0.05) is 19.3 Å². The number of nitrogens with one attached hydrogen (secondary N) is 1. The third-order valence-electron chi connectivity index (χ3n) is 2.68. The molecule has 0 atom stereocenters. The number of halogens is 2. The van der Waals surface area contributed by atoms with Gasteiger partial charge in [-0.2, -0.15) is 0 Å². The molecule has 0 fully saturated rings. The van der Waals surface area contributed by atoms with Crippen molar-refractivity contribution in [2.24, 2.45) is 0 Å². The van der Waals surface area contributed by atoms with Gasteiger partial charge in [0.1, 0.15) is 5.82 Å². The Morgan fingerprint density at radius 2 is 2.19 bits per heavy atom. The number of carbonyl (C=O) groups excluding carboxylic acids is 1. The van der Waals surface area contributed by atoms with Crippen LogP contribution >= 0.6 is 11.6 Å². The van der Waals surface area contributed by atoms with Gasteiger partial charge in [-0.25, -0.2) is 14.2 Å². The molecule has 0 bridgehead atoms. The van der Waals surface area contributed by atoms with E-state index >= 15 is 0 Å². The molecule has 2 N–H and O–H groups in total. The maximum absolute atomic E-state index is 12.9. The molecule has 0 radical (unpaired) electrons. The molecule has 0 saturated heterocycles. The Bertz CT molecular complexity index is 687. The SMILES string of the molecule is O=C(O)c1cn(CCNC(=O)c2ccc(F)cc2Cl)cn1. The average molecular weight is 312 g/mol. The summed E-state index contributed by atoms with van der Waals surface area (Å²) in [5.74, 6) is -2.06. The minimum Gasteiger partial charge on any atom is -0.476 e. The number of aromatic carboxylic acids is 1. The highest BCUT2D eigenvalue weighted by Crippen LogP contribution is 2.16. The van der Waals surface area contributed by atoms with E-state index in [1.807, 2.05) is 0 Å². The third-order valence-corrected chi connectivity index (χ3v) is 3.00. The van der Waals surface area contributed by atoms with E-state index in [4.69, 9.17) is 16.7 Å². The highest BCUT2D eigenvalue weighted by atomic mass is 35.5. The second kappa shape index (κ2) is 6.36. The first kappa shape index (κ1) is 15.0. The van der Waals surface area contributed by atoms with Crippen molar-refractivity contribution in [3.8, 4) is 0 Å². The lowest BCUT2D eigenvalue weighted by Gasteiger charge is -2.07. The van der Waals surface area contributed by atoms with Crippen LogP contribution in [0.3, 0.4) is 0 Å². The molecule has 0 unspecified atom stereocenters. The Hall–Kier alpha value is -2.41. The van der Waals surface area contributed by atoms with E-state index in [0.717, 1.165) is 12.1 Å². The summed E-state index contributed by atoms with van der Waals surface area (Å²) in [7, 11) is 0. The van der Waals surface area contributed by atoms with Crippen LogP contribution < -0.4 is 5.32 Å². The van der Waals surface area contributed by atoms with Crippen molar-refractivity contribution in [3.63, 3.8) is 0 Å². The Morgan fingerprint density at radius 1 is 1.43 bits per heavy atom. The van der Waals surface area contributed by atoms with E-state index in [2.05, 4.69) is 10.3 Å². The van der Waals surface area contributed by atoms with Crippen LogP contribution in [0.4, 0.5) is 4.39 Å². The molecule has 1 heterocycles. The number of carboxylic acids is 1. The van der Waals surface area contributed by atoms with Crippen molar-refractivity contribution < 1.29 is 19.1 Å². The Morgan fingerprint density at radius 3 is 2.81 bits per heavy atom. The molecule has 0 spiro atoms. The highest BCUT2D eigenvalue weighted by Gasteiger charge is 2.11. The molecular weight excluding hydrogens is 301 g/mol. The molecule has 2 aromatic rings. The number of benzene rings is 1. The van der Waals surface area contributed by atoms with Crippen LogP contribution in [-0.4, -0.2) is 33.1 Å². The second-order valence-corrected chi connectivity index (χ2v) is 4.59. The number of nitrogens with zero attached hydrogens (tertiary/aromatic N) is 2. The van der Waals surface area contributed by atoms with Gasteiger partial charge >= 0.3 is 5.97 Å². The fraction of sp³-hybridized carbons (Fsp3) is 0.154. The summed E-state index contributed by atoms with van der Waals surface area (Å²) in [5.41, 5.74) is 0.109. The number of carboxylic acid groups (broad SMARTS) is 1. The van der Waals surface area contributed by atoms with Crippen molar-refractivity contribution in [1.29, 1.82) is 0 Å². The number of rotatable bonds is 5. The molecule has 0 aliphatic heterocycles. The zero-order valence-corrected chi connectivity index (χ0v) is 11.5. The molecule has 2 rings (SSSR count). The molecule has 0 saturated carbocycles. The minimum atomic E-state index is -1.11. The fourth-order valence-electron chi connectivity index (χ4n) is 1.66. The summed E-state index contributed by atoms with van der Waals surface area (Å²) in [6, 6.07) is 3.51. The first-order valence-corrected chi connectivity index (χ1v) is 6.33. The van der Waals surface area contributed by atoms with Crippen LogP contribution in [0.25, 0.3) is 0 Å². The molecule has 0 aliphatic carbocycles. The van der Waals surface area contributed by atoms with Crippen molar-refractivity contribution >= 4 is 23.5 Å². The first-order chi connectivity index (χ1) is 9.97. The lowest BCUT2D eigenvalue weighted by Crippen LogP contribution is -2.27. The average Bonchev–Trinajstić information content (AvgIpc) is 2.87. The van der Waals surface area contributed by atoms with E-state index in [9.17, 15) is 14.0 Å². The zero-order chi connectivity index (χ0) is 15.4. The van der Waals surface area contributed by atoms with Crippen LogP contribution in [0.15, 0.2) is 30.7 Å². The van der Waals surface area contributed by atoms with Crippen LogP contribution in [-0.2, 0) is 6.54 Å². The van der Waals surface area contributed by atoms with Crippen LogP contribution in [0, 0.1) is 5.82 Å². The number of imidazole rings is 1. The number of hydrogen-bond donors (Lipinski definition) is 2. The van der Waals surface area contributed by atoms with Crippen LogP contribution in [0.5, 0.6) is 0 Å². The summed E-state index contributed by atoms with van der Waals surface area (Å²) >= 11 is 5.78. The topological polar surface area (TPSA) is 84.2 Å². The van der Waals surface area contributed by atoms with Gasteiger partial charge in [-0.05, 0) is 18.2 Å². The summed E-state index contributed by atoms with van der Waals surface area (Å²) < 4.78 is 14.4. The van der Waals surface area contributed by atoms with Gasteiger partial charge in [0.05, 0.1) is 16.9 Å². The summed E-state index contributed by atoms with van der Waals surface area (Å²) in [4.78, 5) is 26.2. The van der Waals surface area contributed by atoms with E-state index in [-0.39, 0.29) is 22.8 Å². The normalized spacial score (nSPS) is 10.4. The van der Waals surface area contributed by atoms with Gasteiger partial charge in [-0.1, -0.05) is 11.6 Å². The van der Waals surface area contributed by atoms with Gasteiger partial charge in [-0.3, -0.25) is 4.79 Å². The molecule has 21 heavy (non-hydrogen) atoms. The van der Waals surface area contributed by atoms with Gasteiger partial charge in [0.25, 0.3) is 5.91 Å². The van der Waals surface area contributed by atoms with E-state index in [0.29, 0.717) is 6.54 Å².